The quantitative estimate of drug-likeness (QED) is 0.0807. The Morgan fingerprint density at radius 2 is 1.02 bits per heavy atom. The van der Waals surface area contributed by atoms with Crippen molar-refractivity contribution in [3.63, 3.8) is 0 Å². The van der Waals surface area contributed by atoms with E-state index < -0.39 is 12.2 Å². The van der Waals surface area contributed by atoms with Crippen molar-refractivity contribution in [3.05, 3.63) is 59.7 Å². The fraction of sp³-hybridized carbons (Fsp3) is 0.500. The summed E-state index contributed by atoms with van der Waals surface area (Å²) in [5.74, 6) is 2.85. The number of aliphatic hydroxyl groups excluding tert-OH is 4. The van der Waals surface area contributed by atoms with E-state index in [0.717, 1.165) is 44.4 Å². The van der Waals surface area contributed by atoms with Gasteiger partial charge < -0.3 is 55.8 Å². The minimum Gasteiger partial charge on any atom is -0.494 e. The minimum absolute atomic E-state index is 0. The highest BCUT2D eigenvalue weighted by Gasteiger charge is 2.25. The molecule has 63 heavy (non-hydrogen) atoms. The van der Waals surface area contributed by atoms with Gasteiger partial charge in [-0.25, -0.2) is 9.97 Å². The van der Waals surface area contributed by atoms with Crippen LogP contribution in [0.2, 0.25) is 0 Å². The van der Waals surface area contributed by atoms with Gasteiger partial charge in [0, 0.05) is 100 Å². The average Bonchev–Trinajstić information content (AvgIpc) is 3.83. The number of aliphatic hydroxyl groups is 4. The SMILES string of the molecule is O.O=C1Cc2cc3cc(OCCCC(=O)N4CCN(CC(O)CO)CC4)ccc3nc2N1.O=C1Cc2cc3cc(OCCCC(=O)N4CCN(CC(O)CO)CC4)ccc3nc2N1. The van der Waals surface area contributed by atoms with Crippen LogP contribution in [0.1, 0.15) is 36.8 Å². The Hall–Kier alpha value is -5.54. The highest BCUT2D eigenvalue weighted by atomic mass is 16.5. The molecule has 0 bridgehead atoms. The Bertz CT molecular complexity index is 2070. The number of carbonyl (C=O) groups excluding carboxylic acids is 4. The van der Waals surface area contributed by atoms with Gasteiger partial charge in [-0.15, -0.1) is 0 Å². The number of pyridine rings is 2. The van der Waals surface area contributed by atoms with Crippen LogP contribution in [0.25, 0.3) is 21.8 Å². The predicted molar refractivity (Wildman–Crippen MR) is 233 cm³/mol. The third-order valence-electron chi connectivity index (χ3n) is 11.4. The van der Waals surface area contributed by atoms with E-state index in [9.17, 15) is 29.4 Å². The van der Waals surface area contributed by atoms with Gasteiger partial charge in [0.15, 0.2) is 0 Å². The molecule has 0 aliphatic carbocycles. The molecule has 19 nitrogen and oxygen atoms in total. The predicted octanol–water partition coefficient (Wildman–Crippen LogP) is -0.0531. The lowest BCUT2D eigenvalue weighted by Gasteiger charge is -2.35. The van der Waals surface area contributed by atoms with E-state index in [1.807, 2.05) is 58.3 Å². The van der Waals surface area contributed by atoms with Crippen molar-refractivity contribution in [2.75, 3.05) is 103 Å². The van der Waals surface area contributed by atoms with Gasteiger partial charge in [-0.2, -0.15) is 0 Å². The monoisotopic (exact) mass is 874 g/mol. The molecule has 2 saturated heterocycles. The molecule has 6 heterocycles. The molecule has 19 heteroatoms. The molecule has 0 spiro atoms. The van der Waals surface area contributed by atoms with Crippen molar-refractivity contribution in [1.82, 2.24) is 29.6 Å². The molecule has 0 saturated carbocycles. The second-order valence-electron chi connectivity index (χ2n) is 16.1. The summed E-state index contributed by atoms with van der Waals surface area (Å²) in [4.78, 5) is 64.7. The van der Waals surface area contributed by atoms with Crippen molar-refractivity contribution < 1.29 is 54.6 Å². The molecule has 4 amide bonds. The summed E-state index contributed by atoms with van der Waals surface area (Å²) in [6.07, 6.45) is 1.34. The summed E-state index contributed by atoms with van der Waals surface area (Å²) in [5, 5.41) is 44.3. The van der Waals surface area contributed by atoms with Gasteiger partial charge in [0.2, 0.25) is 23.6 Å². The Balaban J connectivity index is 0.000000206. The van der Waals surface area contributed by atoms with Crippen LogP contribution in [0.3, 0.4) is 0 Å². The first-order valence-corrected chi connectivity index (χ1v) is 21.3. The average molecular weight is 875 g/mol. The lowest BCUT2D eigenvalue weighted by Crippen LogP contribution is -2.50. The summed E-state index contributed by atoms with van der Waals surface area (Å²) in [6, 6.07) is 15.2. The number of anilines is 2. The Labute approximate surface area is 364 Å². The summed E-state index contributed by atoms with van der Waals surface area (Å²) in [7, 11) is 0. The minimum atomic E-state index is -0.731. The van der Waals surface area contributed by atoms with Crippen LogP contribution in [-0.4, -0.2) is 183 Å². The van der Waals surface area contributed by atoms with Crippen LogP contribution in [-0.2, 0) is 32.0 Å². The van der Waals surface area contributed by atoms with Crippen molar-refractivity contribution in [2.24, 2.45) is 0 Å². The third-order valence-corrected chi connectivity index (χ3v) is 11.4. The zero-order valence-electron chi connectivity index (χ0n) is 35.3. The van der Waals surface area contributed by atoms with E-state index in [2.05, 4.69) is 30.4 Å². The number of ether oxygens (including phenoxy) is 2. The third kappa shape index (κ3) is 12.8. The summed E-state index contributed by atoms with van der Waals surface area (Å²) in [5.41, 5.74) is 3.39. The first kappa shape index (κ1) is 47.0. The Kier molecular flexibility index (Phi) is 16.5. The van der Waals surface area contributed by atoms with Crippen molar-refractivity contribution in [3.8, 4) is 11.5 Å². The summed E-state index contributed by atoms with van der Waals surface area (Å²) < 4.78 is 11.6. The van der Waals surface area contributed by atoms with Crippen molar-refractivity contribution in [2.45, 2.75) is 50.7 Å². The zero-order valence-corrected chi connectivity index (χ0v) is 35.3. The van der Waals surface area contributed by atoms with E-state index in [4.69, 9.17) is 19.7 Å². The van der Waals surface area contributed by atoms with Crippen LogP contribution in [0.15, 0.2) is 48.5 Å². The Morgan fingerprint density at radius 1 is 0.619 bits per heavy atom. The first-order chi connectivity index (χ1) is 30.0. The van der Waals surface area contributed by atoms with Gasteiger partial charge in [0.05, 0.1) is 62.5 Å². The highest BCUT2D eigenvalue weighted by Crippen LogP contribution is 2.29. The van der Waals surface area contributed by atoms with Gasteiger partial charge >= 0.3 is 0 Å². The molecule has 2 aromatic heterocycles. The number of carbonyl (C=O) groups is 4. The van der Waals surface area contributed by atoms with E-state index in [1.165, 1.54) is 0 Å². The number of fused-ring (bicyclic) bond motifs is 4. The molecule has 2 unspecified atom stereocenters. The topological polar surface area (TPSA) is 262 Å². The van der Waals surface area contributed by atoms with E-state index in [0.29, 0.717) is 129 Å². The maximum atomic E-state index is 12.4. The molecule has 4 aromatic rings. The maximum Gasteiger partial charge on any atom is 0.230 e. The van der Waals surface area contributed by atoms with Gasteiger partial charge in [0.25, 0.3) is 0 Å². The van der Waals surface area contributed by atoms with Crippen molar-refractivity contribution in [1.29, 1.82) is 0 Å². The van der Waals surface area contributed by atoms with Gasteiger partial charge in [-0.1, -0.05) is 0 Å². The van der Waals surface area contributed by atoms with Gasteiger partial charge in [-0.3, -0.25) is 29.0 Å². The van der Waals surface area contributed by atoms with E-state index in [1.54, 1.807) is 0 Å². The van der Waals surface area contributed by atoms with Crippen molar-refractivity contribution >= 4 is 57.1 Å². The van der Waals surface area contributed by atoms with Crippen LogP contribution in [0, 0.1) is 0 Å². The number of rotatable bonds is 16. The Morgan fingerprint density at radius 3 is 1.40 bits per heavy atom. The normalized spacial score (nSPS) is 17.2. The molecule has 4 aliphatic heterocycles. The summed E-state index contributed by atoms with van der Waals surface area (Å²) >= 11 is 0. The lowest BCUT2D eigenvalue weighted by atomic mass is 10.1. The molecular formula is C44H58N8O11. The maximum absolute atomic E-state index is 12.4. The second kappa shape index (κ2) is 22.2. The molecule has 4 aliphatic rings. The number of benzene rings is 2. The number of nitrogens with one attached hydrogen (secondary N) is 2. The second-order valence-corrected chi connectivity index (χ2v) is 16.1. The molecule has 8 N–H and O–H groups in total. The summed E-state index contributed by atoms with van der Waals surface area (Å²) in [6.45, 7) is 6.62. The number of nitrogens with zero attached hydrogens (tertiary/aromatic N) is 6. The number of aromatic nitrogens is 2. The fourth-order valence-corrected chi connectivity index (χ4v) is 7.98. The van der Waals surface area contributed by atoms with E-state index in [-0.39, 0.29) is 42.3 Å². The molecule has 2 aromatic carbocycles. The number of piperazine rings is 2. The largest absolute Gasteiger partial charge is 0.494 e. The number of hydrogen-bond acceptors (Lipinski definition) is 14. The first-order valence-electron chi connectivity index (χ1n) is 21.3. The van der Waals surface area contributed by atoms with Gasteiger partial charge in [0.1, 0.15) is 23.1 Å². The number of β-amino-alcohol motifs (C(OH)–C–C–N with tert-alkyl or cyclic N) is 2. The van der Waals surface area contributed by atoms with E-state index >= 15 is 0 Å². The standard InChI is InChI=1S/2C22H28N4O5.H2O/c2*27-14-17(28)13-25-5-7-26(8-6-25)21(30)2-1-9-31-18-3-4-19-15(11-18)10-16-12-20(29)24-22(16)23-19;/h2*3-4,10-11,17,27-28H,1-2,5-9,12-14H2,(H,23,24,29);1H2. The van der Waals surface area contributed by atoms with Crippen LogP contribution < -0.4 is 20.1 Å². The molecule has 2 atom stereocenters. The molecular weight excluding hydrogens is 817 g/mol. The molecule has 8 rings (SSSR count). The molecule has 2 fully saturated rings. The zero-order chi connectivity index (χ0) is 43.6. The fourth-order valence-electron chi connectivity index (χ4n) is 7.98. The highest BCUT2D eigenvalue weighted by molar-refractivity contribution is 6.01. The van der Waals surface area contributed by atoms with Crippen LogP contribution in [0.5, 0.6) is 11.5 Å². The van der Waals surface area contributed by atoms with Crippen LogP contribution >= 0.6 is 0 Å². The number of amides is 4. The number of hydrogen-bond donors (Lipinski definition) is 6. The molecule has 340 valence electrons. The smallest absolute Gasteiger partial charge is 0.230 e. The lowest BCUT2D eigenvalue weighted by molar-refractivity contribution is -0.134. The van der Waals surface area contributed by atoms with Crippen LogP contribution in [0.4, 0.5) is 11.6 Å². The van der Waals surface area contributed by atoms with Gasteiger partial charge in [-0.05, 0) is 61.4 Å². The molecule has 0 radical (unpaired) electrons.